The molecule has 10 atom stereocenters. The Morgan fingerprint density at radius 3 is 1.50 bits per heavy atom. The SMILES string of the molecule is C1=C[C@H]2CC[C@@H]1[C@H]1[C@H]3CC[C@@H]([C@H]12)[C@H]1[C@@H]3[C@@H]2CC[C@H]1c1ccccc12. The van der Waals surface area contributed by atoms with Gasteiger partial charge in [0.15, 0.2) is 0 Å². The zero-order valence-electron chi connectivity index (χ0n) is 14.5. The number of fused-ring (bicyclic) bond motifs is 3. The molecule has 5 fully saturated rings. The maximum absolute atomic E-state index is 2.65. The van der Waals surface area contributed by atoms with Gasteiger partial charge < -0.3 is 0 Å². The minimum Gasteiger partial charge on any atom is -0.0848 e. The molecule has 10 rings (SSSR count). The lowest BCUT2D eigenvalue weighted by Gasteiger charge is -2.69. The molecule has 1 aromatic carbocycles. The molecule has 0 unspecified atom stereocenters. The standard InChI is InChI=1S/C24H28/c1-2-4-16-15(3-1)17-9-10-18(16)24-20-12-11-19(23(17)24)21-13-5-7-14(8-6-13)22(20)21/h1-5,7,13-14,17-24H,6,8-12H2/t13-,14+,17-,18+,19-,20+,21+,22-,23-,24+. The Labute approximate surface area is 145 Å². The Kier molecular flexibility index (Phi) is 2.41. The summed E-state index contributed by atoms with van der Waals surface area (Å²) >= 11 is 0. The molecule has 0 N–H and O–H groups in total. The lowest BCUT2D eigenvalue weighted by atomic mass is 9.36. The summed E-state index contributed by atoms with van der Waals surface area (Å²) in [6.07, 6.45) is 14.4. The second kappa shape index (κ2) is 4.37. The highest BCUT2D eigenvalue weighted by molar-refractivity contribution is 5.42. The van der Waals surface area contributed by atoms with Crippen molar-refractivity contribution >= 4 is 0 Å². The fraction of sp³-hybridized carbons (Fsp3) is 0.667. The van der Waals surface area contributed by atoms with Crippen LogP contribution in [0.1, 0.15) is 61.5 Å². The van der Waals surface area contributed by atoms with E-state index >= 15 is 0 Å². The normalized spacial score (nSPS) is 55.2. The maximum atomic E-state index is 2.65. The third kappa shape index (κ3) is 1.37. The van der Waals surface area contributed by atoms with Gasteiger partial charge in [-0.2, -0.15) is 0 Å². The van der Waals surface area contributed by atoms with Crippen LogP contribution in [0.5, 0.6) is 0 Å². The van der Waals surface area contributed by atoms with Gasteiger partial charge in [0.05, 0.1) is 0 Å². The monoisotopic (exact) mass is 316 g/mol. The summed E-state index contributed by atoms with van der Waals surface area (Å²) in [5, 5.41) is 0. The molecule has 0 radical (unpaired) electrons. The topological polar surface area (TPSA) is 0 Å². The van der Waals surface area contributed by atoms with E-state index in [1.807, 2.05) is 0 Å². The quantitative estimate of drug-likeness (QED) is 0.534. The molecule has 0 nitrogen and oxygen atoms in total. The zero-order chi connectivity index (χ0) is 15.4. The van der Waals surface area contributed by atoms with Gasteiger partial charge in [-0.25, -0.2) is 0 Å². The highest BCUT2D eigenvalue weighted by Gasteiger charge is 2.64. The van der Waals surface area contributed by atoms with E-state index in [1.54, 1.807) is 24.0 Å². The second-order valence-corrected chi connectivity index (χ2v) is 9.92. The van der Waals surface area contributed by atoms with Crippen molar-refractivity contribution in [3.8, 4) is 0 Å². The van der Waals surface area contributed by atoms with E-state index in [1.165, 1.54) is 25.7 Å². The Hall–Kier alpha value is -1.04. The molecule has 5 saturated carbocycles. The van der Waals surface area contributed by atoms with Gasteiger partial charge in [0, 0.05) is 0 Å². The van der Waals surface area contributed by atoms with Crippen LogP contribution in [0.4, 0.5) is 0 Å². The Balaban J connectivity index is 1.41. The van der Waals surface area contributed by atoms with Gasteiger partial charge in [0.2, 0.25) is 0 Å². The van der Waals surface area contributed by atoms with Gasteiger partial charge in [-0.15, -0.1) is 0 Å². The molecule has 0 aromatic heterocycles. The van der Waals surface area contributed by atoms with E-state index in [0.29, 0.717) is 0 Å². The van der Waals surface area contributed by atoms with Crippen LogP contribution >= 0.6 is 0 Å². The number of hydrogen-bond donors (Lipinski definition) is 0. The minimum atomic E-state index is 0.911. The lowest BCUT2D eigenvalue weighted by Crippen LogP contribution is -2.61. The van der Waals surface area contributed by atoms with Crippen LogP contribution in [0.25, 0.3) is 0 Å². The molecule has 0 aliphatic heterocycles. The van der Waals surface area contributed by atoms with Crippen molar-refractivity contribution in [1.82, 2.24) is 0 Å². The van der Waals surface area contributed by atoms with Crippen LogP contribution in [-0.4, -0.2) is 0 Å². The second-order valence-electron chi connectivity index (χ2n) is 9.92. The minimum absolute atomic E-state index is 0.911. The van der Waals surface area contributed by atoms with E-state index in [9.17, 15) is 0 Å². The van der Waals surface area contributed by atoms with Gasteiger partial charge in [0.1, 0.15) is 0 Å². The average molecular weight is 316 g/mol. The van der Waals surface area contributed by atoms with Gasteiger partial charge >= 0.3 is 0 Å². The van der Waals surface area contributed by atoms with Crippen LogP contribution < -0.4 is 0 Å². The largest absolute Gasteiger partial charge is 0.0848 e. The smallest absolute Gasteiger partial charge is 0.0125 e. The first kappa shape index (κ1) is 13.2. The van der Waals surface area contributed by atoms with Crippen LogP contribution in [0.2, 0.25) is 0 Å². The summed E-state index contributed by atoms with van der Waals surface area (Å²) < 4.78 is 0. The van der Waals surface area contributed by atoms with Crippen LogP contribution in [-0.2, 0) is 0 Å². The summed E-state index contributed by atoms with van der Waals surface area (Å²) in [4.78, 5) is 0. The van der Waals surface area contributed by atoms with Crippen molar-refractivity contribution < 1.29 is 0 Å². The number of benzene rings is 1. The maximum Gasteiger partial charge on any atom is -0.0125 e. The van der Waals surface area contributed by atoms with E-state index in [0.717, 1.165) is 59.2 Å². The zero-order valence-corrected chi connectivity index (χ0v) is 14.5. The number of hydrogen-bond acceptors (Lipinski definition) is 0. The van der Waals surface area contributed by atoms with E-state index in [2.05, 4.69) is 36.4 Å². The number of allylic oxidation sites excluding steroid dienone is 2. The predicted molar refractivity (Wildman–Crippen MR) is 96.7 cm³/mol. The Bertz CT molecular complexity index is 668. The van der Waals surface area contributed by atoms with Crippen molar-refractivity contribution in [2.75, 3.05) is 0 Å². The first-order valence-corrected chi connectivity index (χ1v) is 10.7. The van der Waals surface area contributed by atoms with Crippen molar-refractivity contribution in [2.45, 2.75) is 50.4 Å². The molecule has 124 valence electrons. The molecule has 0 saturated heterocycles. The third-order valence-electron chi connectivity index (χ3n) is 9.64. The van der Waals surface area contributed by atoms with Crippen molar-refractivity contribution in [3.05, 3.63) is 47.5 Å². The van der Waals surface area contributed by atoms with Gasteiger partial charge in [-0.05, 0) is 109 Å². The predicted octanol–water partition coefficient (Wildman–Crippen LogP) is 5.76. The van der Waals surface area contributed by atoms with Crippen molar-refractivity contribution in [3.63, 3.8) is 0 Å². The van der Waals surface area contributed by atoms with Crippen molar-refractivity contribution in [1.29, 1.82) is 0 Å². The van der Waals surface area contributed by atoms with Gasteiger partial charge in [0.25, 0.3) is 0 Å². The lowest BCUT2D eigenvalue weighted by molar-refractivity contribution is -0.157. The van der Waals surface area contributed by atoms with Crippen LogP contribution in [0.3, 0.4) is 0 Å². The van der Waals surface area contributed by atoms with E-state index in [-0.39, 0.29) is 0 Å². The molecule has 0 spiro atoms. The van der Waals surface area contributed by atoms with Crippen LogP contribution in [0.15, 0.2) is 36.4 Å². The summed E-state index contributed by atoms with van der Waals surface area (Å²) in [6.45, 7) is 0. The highest BCUT2D eigenvalue weighted by atomic mass is 14.7. The summed E-state index contributed by atoms with van der Waals surface area (Å²) in [6, 6.07) is 9.61. The summed E-state index contributed by atoms with van der Waals surface area (Å²) in [5.41, 5.74) is 3.55. The van der Waals surface area contributed by atoms with Crippen molar-refractivity contribution in [2.24, 2.45) is 47.3 Å². The number of rotatable bonds is 0. The molecule has 24 heavy (non-hydrogen) atoms. The highest BCUT2D eigenvalue weighted by Crippen LogP contribution is 2.72. The first-order valence-electron chi connectivity index (χ1n) is 10.7. The van der Waals surface area contributed by atoms with E-state index in [4.69, 9.17) is 0 Å². The fourth-order valence-corrected chi connectivity index (χ4v) is 9.31. The molecule has 0 amide bonds. The Morgan fingerprint density at radius 1 is 0.542 bits per heavy atom. The van der Waals surface area contributed by atoms with E-state index < -0.39 is 0 Å². The average Bonchev–Trinajstić information content (AvgIpc) is 2.70. The molecule has 6 bridgehead atoms. The molecular weight excluding hydrogens is 288 g/mol. The van der Waals surface area contributed by atoms with Gasteiger partial charge in [-0.3, -0.25) is 0 Å². The first-order chi connectivity index (χ1) is 11.9. The molecule has 1 aromatic rings. The molecule has 0 heteroatoms. The summed E-state index contributed by atoms with van der Waals surface area (Å²) in [5.74, 6) is 10.1. The third-order valence-corrected chi connectivity index (χ3v) is 9.64. The summed E-state index contributed by atoms with van der Waals surface area (Å²) in [7, 11) is 0. The fourth-order valence-electron chi connectivity index (χ4n) is 9.31. The molecule has 0 heterocycles. The Morgan fingerprint density at radius 2 is 1.04 bits per heavy atom. The molecule has 9 aliphatic rings. The van der Waals surface area contributed by atoms with Gasteiger partial charge in [-0.1, -0.05) is 36.4 Å². The molecule has 9 aliphatic carbocycles. The van der Waals surface area contributed by atoms with Crippen LogP contribution in [0, 0.1) is 47.3 Å². The molecular formula is C24H28.